The fraction of sp³-hybridized carbons (Fsp3) is 0.667. The summed E-state index contributed by atoms with van der Waals surface area (Å²) in [5, 5.41) is 13.2. The number of rotatable bonds is 6. The Bertz CT molecular complexity index is 431. The second kappa shape index (κ2) is 6.90. The van der Waals surface area contributed by atoms with E-state index in [1.54, 1.807) is 26.5 Å². The van der Waals surface area contributed by atoms with E-state index < -0.39 is 0 Å². The maximum atomic E-state index is 9.71. The number of nitrogens with zero attached hydrogens (tertiary/aromatic N) is 1. The number of aliphatic hydroxyl groups is 1. The van der Waals surface area contributed by atoms with Crippen molar-refractivity contribution < 1.29 is 14.6 Å². The van der Waals surface area contributed by atoms with Crippen LogP contribution >= 0.6 is 0 Å². The molecule has 0 saturated heterocycles. The molecule has 1 fully saturated rings. The first-order valence-electron chi connectivity index (χ1n) is 7.16. The first-order chi connectivity index (χ1) is 9.74. The highest BCUT2D eigenvalue weighted by Crippen LogP contribution is 2.31. The van der Waals surface area contributed by atoms with E-state index in [0.29, 0.717) is 18.0 Å². The Morgan fingerprint density at radius 3 is 2.60 bits per heavy atom. The molecule has 0 radical (unpaired) electrons. The highest BCUT2D eigenvalue weighted by molar-refractivity contribution is 5.42. The molecule has 0 amide bonds. The molecule has 1 aliphatic carbocycles. The summed E-state index contributed by atoms with van der Waals surface area (Å²) in [5.41, 5.74) is 0.638. The van der Waals surface area contributed by atoms with Crippen LogP contribution in [0.5, 0.6) is 11.5 Å². The maximum absolute atomic E-state index is 9.71. The lowest BCUT2D eigenvalue weighted by molar-refractivity contribution is 0.119. The van der Waals surface area contributed by atoms with E-state index in [2.05, 4.69) is 10.3 Å². The van der Waals surface area contributed by atoms with Crippen molar-refractivity contribution >= 4 is 0 Å². The summed E-state index contributed by atoms with van der Waals surface area (Å²) in [7, 11) is 3.23. The van der Waals surface area contributed by atoms with Crippen molar-refractivity contribution in [2.24, 2.45) is 0 Å². The topological polar surface area (TPSA) is 63.6 Å². The van der Waals surface area contributed by atoms with Crippen LogP contribution in [0, 0.1) is 0 Å². The van der Waals surface area contributed by atoms with Crippen LogP contribution in [-0.4, -0.2) is 36.5 Å². The predicted molar refractivity (Wildman–Crippen MR) is 77.1 cm³/mol. The lowest BCUT2D eigenvalue weighted by Crippen LogP contribution is -2.49. The molecule has 1 saturated carbocycles. The van der Waals surface area contributed by atoms with Gasteiger partial charge in [0.1, 0.15) is 0 Å². The quantitative estimate of drug-likeness (QED) is 0.833. The van der Waals surface area contributed by atoms with Gasteiger partial charge >= 0.3 is 0 Å². The highest BCUT2D eigenvalue weighted by atomic mass is 16.5. The zero-order valence-electron chi connectivity index (χ0n) is 12.3. The van der Waals surface area contributed by atoms with Crippen LogP contribution in [0.2, 0.25) is 0 Å². The van der Waals surface area contributed by atoms with E-state index in [1.165, 1.54) is 6.42 Å². The van der Waals surface area contributed by atoms with Gasteiger partial charge in [0, 0.05) is 24.3 Å². The molecule has 0 aliphatic heterocycles. The largest absolute Gasteiger partial charge is 0.493 e. The number of methoxy groups -OCH3 is 2. The molecule has 1 heterocycles. The minimum absolute atomic E-state index is 0.166. The Kier molecular flexibility index (Phi) is 5.20. The molecular weight excluding hydrogens is 256 g/mol. The van der Waals surface area contributed by atoms with Gasteiger partial charge in [0.05, 0.1) is 26.5 Å². The summed E-state index contributed by atoms with van der Waals surface area (Å²) >= 11 is 0. The third-order valence-electron chi connectivity index (χ3n) is 4.11. The monoisotopic (exact) mass is 280 g/mol. The Hall–Kier alpha value is -1.33. The van der Waals surface area contributed by atoms with Crippen LogP contribution in [0.4, 0.5) is 0 Å². The number of hydrogen-bond acceptors (Lipinski definition) is 5. The summed E-state index contributed by atoms with van der Waals surface area (Å²) in [4.78, 5) is 4.36. The minimum atomic E-state index is -0.173. The second-order valence-electron chi connectivity index (χ2n) is 5.35. The lowest BCUT2D eigenvalue weighted by Gasteiger charge is -2.36. The summed E-state index contributed by atoms with van der Waals surface area (Å²) < 4.78 is 10.7. The first-order valence-corrected chi connectivity index (χ1v) is 7.16. The number of nitrogens with one attached hydrogen (secondary N) is 1. The highest BCUT2D eigenvalue weighted by Gasteiger charge is 2.31. The second-order valence-corrected chi connectivity index (χ2v) is 5.35. The van der Waals surface area contributed by atoms with Crippen LogP contribution < -0.4 is 14.8 Å². The molecule has 5 heteroatoms. The SMILES string of the molecule is COc1ccnc(CNC2(CO)CCCCC2)c1OC. The van der Waals surface area contributed by atoms with E-state index in [-0.39, 0.29) is 12.1 Å². The van der Waals surface area contributed by atoms with Crippen molar-refractivity contribution in [3.63, 3.8) is 0 Å². The van der Waals surface area contributed by atoms with E-state index >= 15 is 0 Å². The molecule has 2 N–H and O–H groups in total. The molecule has 0 bridgehead atoms. The van der Waals surface area contributed by atoms with Gasteiger partial charge in [-0.1, -0.05) is 19.3 Å². The molecule has 1 aromatic heterocycles. The molecule has 5 nitrogen and oxygen atoms in total. The van der Waals surface area contributed by atoms with Gasteiger partial charge in [-0.05, 0) is 12.8 Å². The summed E-state index contributed by atoms with van der Waals surface area (Å²) in [5.74, 6) is 1.34. The van der Waals surface area contributed by atoms with Crippen LogP contribution in [-0.2, 0) is 6.54 Å². The molecule has 0 atom stereocenters. The van der Waals surface area contributed by atoms with Crippen molar-refractivity contribution in [1.29, 1.82) is 0 Å². The molecule has 2 rings (SSSR count). The van der Waals surface area contributed by atoms with Gasteiger partial charge < -0.3 is 19.9 Å². The Balaban J connectivity index is 2.09. The molecule has 1 aromatic rings. The van der Waals surface area contributed by atoms with Gasteiger partial charge in [-0.3, -0.25) is 4.98 Å². The number of pyridine rings is 1. The first kappa shape index (κ1) is 15.1. The average Bonchev–Trinajstić information content (AvgIpc) is 2.53. The van der Waals surface area contributed by atoms with E-state index in [4.69, 9.17) is 9.47 Å². The van der Waals surface area contributed by atoms with Crippen molar-refractivity contribution in [2.45, 2.75) is 44.2 Å². The molecule has 20 heavy (non-hydrogen) atoms. The van der Waals surface area contributed by atoms with Crippen molar-refractivity contribution in [3.8, 4) is 11.5 Å². The van der Waals surface area contributed by atoms with E-state index in [0.717, 1.165) is 31.4 Å². The normalized spacial score (nSPS) is 17.8. The lowest BCUT2D eigenvalue weighted by atomic mass is 9.82. The zero-order chi connectivity index (χ0) is 14.4. The third kappa shape index (κ3) is 3.22. The van der Waals surface area contributed by atoms with Gasteiger partial charge in [0.2, 0.25) is 0 Å². The van der Waals surface area contributed by atoms with Crippen LogP contribution in [0.3, 0.4) is 0 Å². The fourth-order valence-electron chi connectivity index (χ4n) is 2.87. The van der Waals surface area contributed by atoms with Crippen molar-refractivity contribution in [3.05, 3.63) is 18.0 Å². The van der Waals surface area contributed by atoms with Crippen LogP contribution in [0.1, 0.15) is 37.8 Å². The van der Waals surface area contributed by atoms with Gasteiger partial charge in [-0.25, -0.2) is 0 Å². The van der Waals surface area contributed by atoms with Crippen molar-refractivity contribution in [1.82, 2.24) is 10.3 Å². The third-order valence-corrected chi connectivity index (χ3v) is 4.11. The van der Waals surface area contributed by atoms with Crippen LogP contribution in [0.25, 0.3) is 0 Å². The van der Waals surface area contributed by atoms with Gasteiger partial charge in [0.25, 0.3) is 0 Å². The number of aromatic nitrogens is 1. The van der Waals surface area contributed by atoms with Gasteiger partial charge in [-0.2, -0.15) is 0 Å². The predicted octanol–water partition coefficient (Wildman–Crippen LogP) is 1.88. The Labute approximate surface area is 120 Å². The standard InChI is InChI=1S/C15H24N2O3/c1-19-13-6-9-16-12(14(13)20-2)10-17-15(11-18)7-4-3-5-8-15/h6,9,17-18H,3-5,7-8,10-11H2,1-2H3. The fourth-order valence-corrected chi connectivity index (χ4v) is 2.87. The minimum Gasteiger partial charge on any atom is -0.493 e. The Morgan fingerprint density at radius 2 is 2.00 bits per heavy atom. The van der Waals surface area contributed by atoms with E-state index in [9.17, 15) is 5.11 Å². The smallest absolute Gasteiger partial charge is 0.183 e. The average molecular weight is 280 g/mol. The van der Waals surface area contributed by atoms with Crippen molar-refractivity contribution in [2.75, 3.05) is 20.8 Å². The molecular formula is C15H24N2O3. The summed E-state index contributed by atoms with van der Waals surface area (Å²) in [6.07, 6.45) is 7.31. The molecule has 0 aromatic carbocycles. The molecule has 0 unspecified atom stereocenters. The van der Waals surface area contributed by atoms with E-state index in [1.807, 2.05) is 0 Å². The molecule has 0 spiro atoms. The summed E-state index contributed by atoms with van der Waals surface area (Å²) in [6, 6.07) is 1.78. The zero-order valence-corrected chi connectivity index (χ0v) is 12.3. The molecule has 112 valence electrons. The maximum Gasteiger partial charge on any atom is 0.183 e. The van der Waals surface area contributed by atoms with Gasteiger partial charge in [-0.15, -0.1) is 0 Å². The van der Waals surface area contributed by atoms with Gasteiger partial charge in [0.15, 0.2) is 11.5 Å². The summed E-state index contributed by atoms with van der Waals surface area (Å²) in [6.45, 7) is 0.736. The number of hydrogen-bond donors (Lipinski definition) is 2. The number of ether oxygens (including phenoxy) is 2. The number of aliphatic hydroxyl groups excluding tert-OH is 1. The molecule has 1 aliphatic rings. The Morgan fingerprint density at radius 1 is 1.25 bits per heavy atom. The van der Waals surface area contributed by atoms with Crippen LogP contribution in [0.15, 0.2) is 12.3 Å².